The molecule has 0 bridgehead atoms. The molecule has 0 radical (unpaired) electrons. The van der Waals surface area contributed by atoms with Gasteiger partial charge in [0.15, 0.2) is 7.14 Å². The topological polar surface area (TPSA) is 17.1 Å². The van der Waals surface area contributed by atoms with Crippen molar-refractivity contribution < 1.29 is 4.57 Å². The highest BCUT2D eigenvalue weighted by Gasteiger charge is 2.29. The van der Waals surface area contributed by atoms with E-state index in [0.29, 0.717) is 0 Å². The van der Waals surface area contributed by atoms with Crippen LogP contribution in [0.4, 0.5) is 0 Å². The van der Waals surface area contributed by atoms with Crippen molar-refractivity contribution in [2.45, 2.75) is 0 Å². The minimum Gasteiger partial charge on any atom is -0.309 e. The van der Waals surface area contributed by atoms with Gasteiger partial charge in [0.2, 0.25) is 0 Å². The summed E-state index contributed by atoms with van der Waals surface area (Å²) in [4.78, 5) is 0. The maximum atomic E-state index is 14.1. The molecule has 0 heterocycles. The predicted octanol–water partition coefficient (Wildman–Crippen LogP) is 4.85. The van der Waals surface area contributed by atoms with Crippen molar-refractivity contribution >= 4 is 54.9 Å². The van der Waals surface area contributed by atoms with Crippen molar-refractivity contribution in [1.29, 1.82) is 0 Å². The van der Waals surface area contributed by atoms with Crippen molar-refractivity contribution in [3.05, 3.63) is 87.8 Å². The lowest BCUT2D eigenvalue weighted by atomic mass is 10.4. The predicted molar refractivity (Wildman–Crippen MR) is 101 cm³/mol. The van der Waals surface area contributed by atoms with Crippen LogP contribution in [0.1, 0.15) is 0 Å². The first-order valence-corrected chi connectivity index (χ1v) is 10.1. The highest BCUT2D eigenvalue weighted by atomic mass is 79.9. The molecule has 1 nitrogen and oxygen atoms in total. The fourth-order valence-corrected chi connectivity index (χ4v) is 6.30. The number of benzene rings is 3. The fourth-order valence-electron chi connectivity index (χ4n) is 2.43. The van der Waals surface area contributed by atoms with Crippen molar-refractivity contribution in [2.24, 2.45) is 0 Å². The van der Waals surface area contributed by atoms with Crippen LogP contribution in [0.15, 0.2) is 87.8 Å². The quantitative estimate of drug-likeness (QED) is 0.537. The summed E-state index contributed by atoms with van der Waals surface area (Å²) in [6.07, 6.45) is 0. The second-order valence-electron chi connectivity index (χ2n) is 4.90. The van der Waals surface area contributed by atoms with Crippen LogP contribution in [0.25, 0.3) is 0 Å². The Labute approximate surface area is 147 Å². The smallest absolute Gasteiger partial charge is 0.171 e. The van der Waals surface area contributed by atoms with E-state index in [1.807, 2.05) is 78.9 Å². The van der Waals surface area contributed by atoms with Gasteiger partial charge in [-0.1, -0.05) is 86.5 Å². The number of hydrogen-bond donors (Lipinski definition) is 0. The van der Waals surface area contributed by atoms with Crippen LogP contribution in [-0.4, -0.2) is 0 Å². The van der Waals surface area contributed by atoms with Crippen LogP contribution >= 0.6 is 39.0 Å². The number of hydrogen-bond acceptors (Lipinski definition) is 1. The summed E-state index contributed by atoms with van der Waals surface area (Å²) in [6, 6.07) is 25.1. The Morgan fingerprint density at radius 2 is 1.05 bits per heavy atom. The molecule has 0 atom stereocenters. The minimum absolute atomic E-state index is 0.825. The van der Waals surface area contributed by atoms with Gasteiger partial charge < -0.3 is 4.57 Å². The molecule has 0 spiro atoms. The molecule has 0 aliphatic carbocycles. The Morgan fingerprint density at radius 1 is 0.591 bits per heavy atom. The first kappa shape index (κ1) is 15.7. The third kappa shape index (κ3) is 2.99. The van der Waals surface area contributed by atoms with Crippen molar-refractivity contribution in [3.8, 4) is 0 Å². The summed E-state index contributed by atoms with van der Waals surface area (Å²) < 4.78 is 15.9. The van der Waals surface area contributed by atoms with Crippen molar-refractivity contribution in [3.63, 3.8) is 0 Å². The second kappa shape index (κ2) is 6.54. The van der Waals surface area contributed by atoms with Gasteiger partial charge in [0.05, 0.1) is 0 Å². The van der Waals surface area contributed by atoms with E-state index in [0.717, 1.165) is 24.9 Å². The molecule has 0 saturated carbocycles. The van der Waals surface area contributed by atoms with Crippen molar-refractivity contribution in [1.82, 2.24) is 0 Å². The van der Waals surface area contributed by atoms with Crippen LogP contribution in [0, 0.1) is 0 Å². The highest BCUT2D eigenvalue weighted by Crippen LogP contribution is 2.43. The monoisotopic (exact) mass is 434 g/mol. The zero-order valence-electron chi connectivity index (χ0n) is 11.6. The van der Waals surface area contributed by atoms with E-state index >= 15 is 0 Å². The standard InChI is InChI=1S/C18H13Br2OP/c19-14-6-4-10-17(12-14)22(21,16-8-2-1-3-9-16)18-11-5-7-15(20)13-18/h1-13H. The van der Waals surface area contributed by atoms with E-state index in [-0.39, 0.29) is 0 Å². The van der Waals surface area contributed by atoms with Crippen LogP contribution in [0.3, 0.4) is 0 Å². The molecule has 0 saturated heterocycles. The average molecular weight is 436 g/mol. The molecule has 4 heteroatoms. The van der Waals surface area contributed by atoms with Gasteiger partial charge >= 0.3 is 0 Å². The molecule has 3 aromatic carbocycles. The Kier molecular flexibility index (Phi) is 4.67. The van der Waals surface area contributed by atoms with E-state index < -0.39 is 7.14 Å². The minimum atomic E-state index is -2.89. The summed E-state index contributed by atoms with van der Waals surface area (Å²) in [5, 5.41) is 2.49. The summed E-state index contributed by atoms with van der Waals surface area (Å²) in [5.74, 6) is 0. The van der Waals surface area contributed by atoms with Crippen LogP contribution in [-0.2, 0) is 4.57 Å². The van der Waals surface area contributed by atoms with E-state index in [9.17, 15) is 4.57 Å². The number of rotatable bonds is 3. The third-order valence-corrected chi connectivity index (χ3v) is 7.49. The fraction of sp³-hybridized carbons (Fsp3) is 0. The number of halogens is 2. The molecule has 0 aliphatic heterocycles. The lowest BCUT2D eigenvalue weighted by Gasteiger charge is -2.20. The zero-order valence-corrected chi connectivity index (χ0v) is 15.7. The summed E-state index contributed by atoms with van der Waals surface area (Å²) in [6.45, 7) is 0. The van der Waals surface area contributed by atoms with Gasteiger partial charge in [0.1, 0.15) is 0 Å². The molecular weight excluding hydrogens is 423 g/mol. The highest BCUT2D eigenvalue weighted by molar-refractivity contribution is 9.10. The van der Waals surface area contributed by atoms with E-state index in [1.165, 1.54) is 0 Å². The molecular formula is C18H13Br2OP. The Morgan fingerprint density at radius 3 is 1.50 bits per heavy atom. The van der Waals surface area contributed by atoms with Gasteiger partial charge in [-0.3, -0.25) is 0 Å². The van der Waals surface area contributed by atoms with Crippen molar-refractivity contribution in [2.75, 3.05) is 0 Å². The normalized spacial score (nSPS) is 11.4. The van der Waals surface area contributed by atoms with E-state index in [4.69, 9.17) is 0 Å². The van der Waals surface area contributed by atoms with Crippen LogP contribution in [0.5, 0.6) is 0 Å². The molecule has 0 amide bonds. The molecule has 0 N–H and O–H groups in total. The van der Waals surface area contributed by atoms with E-state index in [1.54, 1.807) is 0 Å². The maximum Gasteiger partial charge on any atom is 0.171 e. The zero-order chi connectivity index (χ0) is 15.6. The molecule has 3 aromatic rings. The van der Waals surface area contributed by atoms with E-state index in [2.05, 4.69) is 31.9 Å². The molecule has 0 aliphatic rings. The van der Waals surface area contributed by atoms with Gasteiger partial charge in [0.25, 0.3) is 0 Å². The van der Waals surface area contributed by atoms with Crippen LogP contribution < -0.4 is 15.9 Å². The summed E-state index contributed by atoms with van der Waals surface area (Å²) >= 11 is 6.97. The lowest BCUT2D eigenvalue weighted by molar-refractivity contribution is 0.592. The first-order valence-electron chi connectivity index (χ1n) is 6.78. The molecule has 110 valence electrons. The SMILES string of the molecule is O=P(c1ccccc1)(c1cccc(Br)c1)c1cccc(Br)c1. The summed E-state index contributed by atoms with van der Waals surface area (Å²) in [5.41, 5.74) is 0. The van der Waals surface area contributed by atoms with Crippen LogP contribution in [0.2, 0.25) is 0 Å². The average Bonchev–Trinajstić information content (AvgIpc) is 2.55. The molecule has 0 unspecified atom stereocenters. The molecule has 3 rings (SSSR count). The van der Waals surface area contributed by atoms with Gasteiger partial charge in [-0.15, -0.1) is 0 Å². The molecule has 22 heavy (non-hydrogen) atoms. The third-order valence-electron chi connectivity index (χ3n) is 3.46. The molecule has 0 fully saturated rings. The van der Waals surface area contributed by atoms with Gasteiger partial charge in [-0.2, -0.15) is 0 Å². The molecule has 0 aromatic heterocycles. The maximum absolute atomic E-state index is 14.1. The Balaban J connectivity index is 2.30. The largest absolute Gasteiger partial charge is 0.309 e. The first-order chi connectivity index (χ1) is 10.6. The Bertz CT molecular complexity index is 797. The van der Waals surface area contributed by atoms with Gasteiger partial charge in [-0.25, -0.2) is 0 Å². The second-order valence-corrected chi connectivity index (χ2v) is 9.50. The summed E-state index contributed by atoms with van der Waals surface area (Å²) in [7, 11) is -2.89. The van der Waals surface area contributed by atoms with Gasteiger partial charge in [0, 0.05) is 24.9 Å². The van der Waals surface area contributed by atoms with Gasteiger partial charge in [-0.05, 0) is 24.3 Å². The Hall–Kier alpha value is -1.15. The lowest BCUT2D eigenvalue weighted by Crippen LogP contribution is -2.25.